The lowest BCUT2D eigenvalue weighted by Crippen LogP contribution is -3.06. The highest BCUT2D eigenvalue weighted by Gasteiger charge is 2.26. The molecule has 6 heteroatoms. The molecule has 0 fully saturated rings. The number of methoxy groups -OCH3 is 1. The Hall–Kier alpha value is -2.24. The number of para-hydroxylation sites is 1. The van der Waals surface area contributed by atoms with Gasteiger partial charge >= 0.3 is 0 Å². The molecule has 2 aromatic carbocycles. The molecule has 1 unspecified atom stereocenters. The van der Waals surface area contributed by atoms with Crippen LogP contribution in [-0.2, 0) is 4.84 Å². The Labute approximate surface area is 161 Å². The van der Waals surface area contributed by atoms with Gasteiger partial charge in [0, 0.05) is 12.0 Å². The van der Waals surface area contributed by atoms with Gasteiger partial charge < -0.3 is 31.6 Å². The van der Waals surface area contributed by atoms with E-state index in [0.717, 1.165) is 34.9 Å². The van der Waals surface area contributed by atoms with Crippen LogP contribution in [0.4, 0.5) is 0 Å². The number of hydrogen-bond donors (Lipinski definition) is 1. The maximum Gasteiger partial charge on any atom is 0.165 e. The number of benzene rings is 2. The van der Waals surface area contributed by atoms with Crippen molar-refractivity contribution < 1.29 is 31.6 Å². The number of oxime groups is 1. The van der Waals surface area contributed by atoms with Crippen LogP contribution in [0.1, 0.15) is 23.7 Å². The highest BCUT2D eigenvalue weighted by Crippen LogP contribution is 2.35. The highest BCUT2D eigenvalue weighted by atomic mass is 35.5. The summed E-state index contributed by atoms with van der Waals surface area (Å²) < 4.78 is 11.4. The lowest BCUT2D eigenvalue weighted by molar-refractivity contribution is -0.858. The molecule has 0 bridgehead atoms. The summed E-state index contributed by atoms with van der Waals surface area (Å²) in [6.45, 7) is 1.51. The number of halogens is 1. The van der Waals surface area contributed by atoms with Crippen LogP contribution in [0.2, 0.25) is 0 Å². The molecule has 1 atom stereocenters. The minimum Gasteiger partial charge on any atom is -1.00 e. The number of fused-ring (bicyclic) bond motifs is 1. The van der Waals surface area contributed by atoms with Crippen molar-refractivity contribution in [2.45, 2.75) is 12.5 Å². The van der Waals surface area contributed by atoms with Gasteiger partial charge in [-0.05, 0) is 29.8 Å². The van der Waals surface area contributed by atoms with Gasteiger partial charge in [-0.15, -0.1) is 0 Å². The number of hydrogen-bond acceptors (Lipinski definition) is 4. The molecule has 3 rings (SSSR count). The van der Waals surface area contributed by atoms with Gasteiger partial charge in [0.25, 0.3) is 0 Å². The molecule has 0 aromatic heterocycles. The van der Waals surface area contributed by atoms with Crippen molar-refractivity contribution >= 4 is 5.71 Å². The van der Waals surface area contributed by atoms with Crippen molar-refractivity contribution in [2.24, 2.45) is 5.16 Å². The lowest BCUT2D eigenvalue weighted by Gasteiger charge is -2.27. The standard InChI is InChI=1S/C20H24N2O3.ClH/c1-22(2)12-13-24-21-18-14-20(15-8-10-16(23-3)11-9-15)25-19-7-5-4-6-17(18)19;/h4-11,20H,12-14H2,1-3H3;1H/b21-18+;. The van der Waals surface area contributed by atoms with Crippen LogP contribution in [-0.4, -0.2) is 40.1 Å². The number of rotatable bonds is 6. The molecule has 0 radical (unpaired) electrons. The maximum absolute atomic E-state index is 6.18. The monoisotopic (exact) mass is 376 g/mol. The summed E-state index contributed by atoms with van der Waals surface area (Å²) in [6, 6.07) is 15.9. The van der Waals surface area contributed by atoms with Crippen molar-refractivity contribution in [3.63, 3.8) is 0 Å². The first-order chi connectivity index (χ1) is 12.2. The van der Waals surface area contributed by atoms with Crippen molar-refractivity contribution in [2.75, 3.05) is 34.4 Å². The Morgan fingerprint density at radius 2 is 1.85 bits per heavy atom. The van der Waals surface area contributed by atoms with Crippen molar-refractivity contribution in [1.29, 1.82) is 0 Å². The fourth-order valence-corrected chi connectivity index (χ4v) is 2.75. The van der Waals surface area contributed by atoms with E-state index in [9.17, 15) is 0 Å². The molecule has 0 saturated heterocycles. The molecule has 2 aromatic rings. The Balaban J connectivity index is 0.00000243. The molecule has 0 amide bonds. The van der Waals surface area contributed by atoms with E-state index < -0.39 is 0 Å². The third-order valence-corrected chi connectivity index (χ3v) is 4.20. The van der Waals surface area contributed by atoms with Crippen molar-refractivity contribution in [3.05, 3.63) is 59.7 Å². The molecule has 26 heavy (non-hydrogen) atoms. The van der Waals surface area contributed by atoms with Gasteiger partial charge in [-0.2, -0.15) is 0 Å². The van der Waals surface area contributed by atoms with E-state index in [2.05, 4.69) is 19.3 Å². The molecule has 0 spiro atoms. The van der Waals surface area contributed by atoms with Crippen LogP contribution in [0.15, 0.2) is 53.7 Å². The summed E-state index contributed by atoms with van der Waals surface area (Å²) in [7, 11) is 5.86. The number of nitrogens with one attached hydrogen (secondary N) is 1. The fraction of sp³-hybridized carbons (Fsp3) is 0.350. The van der Waals surface area contributed by atoms with Gasteiger partial charge in [-0.25, -0.2) is 0 Å². The van der Waals surface area contributed by atoms with Crippen molar-refractivity contribution in [3.8, 4) is 11.5 Å². The number of nitrogens with zero attached hydrogens (tertiary/aromatic N) is 1. The predicted molar refractivity (Wildman–Crippen MR) is 97.6 cm³/mol. The second-order valence-corrected chi connectivity index (χ2v) is 6.41. The molecule has 1 N–H and O–H groups in total. The van der Waals surface area contributed by atoms with Crippen LogP contribution >= 0.6 is 0 Å². The Kier molecular flexibility index (Phi) is 7.30. The largest absolute Gasteiger partial charge is 1.00 e. The third kappa shape index (κ3) is 4.90. The lowest BCUT2D eigenvalue weighted by atomic mass is 9.95. The summed E-state index contributed by atoms with van der Waals surface area (Å²) in [6.07, 6.45) is 0.598. The van der Waals surface area contributed by atoms with Crippen LogP contribution in [0.5, 0.6) is 11.5 Å². The van der Waals surface area contributed by atoms with E-state index in [1.54, 1.807) is 7.11 Å². The van der Waals surface area contributed by atoms with Crippen LogP contribution in [0.25, 0.3) is 0 Å². The number of quaternary nitrogens is 1. The average molecular weight is 377 g/mol. The average Bonchev–Trinajstić information content (AvgIpc) is 2.65. The molecule has 5 nitrogen and oxygen atoms in total. The second-order valence-electron chi connectivity index (χ2n) is 6.41. The van der Waals surface area contributed by atoms with Crippen LogP contribution in [0, 0.1) is 0 Å². The maximum atomic E-state index is 6.18. The molecule has 1 aliphatic heterocycles. The third-order valence-electron chi connectivity index (χ3n) is 4.20. The quantitative estimate of drug-likeness (QED) is 0.524. The smallest absolute Gasteiger partial charge is 0.165 e. The van der Waals surface area contributed by atoms with Gasteiger partial charge in [0.05, 0.1) is 26.9 Å². The van der Waals surface area contributed by atoms with E-state index in [4.69, 9.17) is 14.3 Å². The van der Waals surface area contributed by atoms with E-state index >= 15 is 0 Å². The van der Waals surface area contributed by atoms with E-state index in [1.165, 1.54) is 4.90 Å². The number of ether oxygens (including phenoxy) is 2. The predicted octanol–water partition coefficient (Wildman–Crippen LogP) is -0.912. The molecule has 140 valence electrons. The van der Waals surface area contributed by atoms with Crippen LogP contribution in [0.3, 0.4) is 0 Å². The molecule has 0 aliphatic carbocycles. The minimum absolute atomic E-state index is 0. The molecule has 0 saturated carbocycles. The number of likely N-dealkylation sites (N-methyl/N-ethyl adjacent to an activating group) is 1. The molecular weight excluding hydrogens is 352 g/mol. The Bertz CT molecular complexity index is 732. The zero-order valence-electron chi connectivity index (χ0n) is 15.4. The van der Waals surface area contributed by atoms with Gasteiger partial charge in [-0.3, -0.25) is 0 Å². The first kappa shape index (κ1) is 20.1. The Morgan fingerprint density at radius 3 is 2.54 bits per heavy atom. The van der Waals surface area contributed by atoms with Gasteiger partial charge in [0.1, 0.15) is 24.1 Å². The zero-order chi connectivity index (χ0) is 17.6. The van der Waals surface area contributed by atoms with Crippen molar-refractivity contribution in [1.82, 2.24) is 0 Å². The summed E-state index contributed by atoms with van der Waals surface area (Å²) in [4.78, 5) is 6.89. The summed E-state index contributed by atoms with van der Waals surface area (Å²) in [5.41, 5.74) is 3.03. The SMILES string of the molecule is COc1ccc(C2C/C(=N\OCC[NH+](C)C)c3ccccc3O2)cc1.[Cl-]. The Morgan fingerprint density at radius 1 is 1.12 bits per heavy atom. The summed E-state index contributed by atoms with van der Waals surface area (Å²) >= 11 is 0. The zero-order valence-corrected chi connectivity index (χ0v) is 16.1. The van der Waals surface area contributed by atoms with Gasteiger partial charge in [-0.1, -0.05) is 29.4 Å². The van der Waals surface area contributed by atoms with E-state index in [1.807, 2.05) is 48.5 Å². The first-order valence-electron chi connectivity index (χ1n) is 8.55. The molecule has 1 aliphatic rings. The summed E-state index contributed by atoms with van der Waals surface area (Å²) in [5.74, 6) is 1.68. The van der Waals surface area contributed by atoms with E-state index in [0.29, 0.717) is 13.0 Å². The summed E-state index contributed by atoms with van der Waals surface area (Å²) in [5, 5.41) is 4.40. The molecular formula is C20H25ClN2O3. The van der Waals surface area contributed by atoms with Crippen LogP contribution < -0.4 is 26.8 Å². The minimum atomic E-state index is -0.0809. The topological polar surface area (TPSA) is 44.5 Å². The first-order valence-corrected chi connectivity index (χ1v) is 8.55. The fourth-order valence-electron chi connectivity index (χ4n) is 2.75. The highest BCUT2D eigenvalue weighted by molar-refractivity contribution is 6.03. The second kappa shape index (κ2) is 9.46. The van der Waals surface area contributed by atoms with Gasteiger partial charge in [0.2, 0.25) is 0 Å². The molecule has 1 heterocycles. The van der Waals surface area contributed by atoms with Gasteiger partial charge in [0.15, 0.2) is 6.61 Å². The normalized spacial score (nSPS) is 17.2. The van der Waals surface area contributed by atoms with E-state index in [-0.39, 0.29) is 18.5 Å².